The minimum atomic E-state index is -4.39. The summed E-state index contributed by atoms with van der Waals surface area (Å²) in [7, 11) is 0. The number of amides is 1. The number of ether oxygens (including phenoxy) is 1. The number of carbonyl (C=O) groups is 1. The Morgan fingerprint density at radius 3 is 2.18 bits per heavy atom. The fourth-order valence-corrected chi connectivity index (χ4v) is 1.08. The molecule has 6 heteroatoms. The van der Waals surface area contributed by atoms with E-state index in [0.717, 1.165) is 24.3 Å². The number of halogens is 3. The zero-order valence-corrected chi connectivity index (χ0v) is 9.34. The average Bonchev–Trinajstić information content (AvgIpc) is 2.15. The van der Waals surface area contributed by atoms with Gasteiger partial charge in [-0.05, 0) is 38.1 Å². The number of rotatable bonds is 2. The molecule has 0 aromatic heterocycles. The Kier molecular flexibility index (Phi) is 3.98. The Morgan fingerprint density at radius 1 is 1.24 bits per heavy atom. The van der Waals surface area contributed by atoms with Crippen molar-refractivity contribution in [2.45, 2.75) is 26.1 Å². The quantitative estimate of drug-likeness (QED) is 0.871. The maximum atomic E-state index is 12.2. The van der Waals surface area contributed by atoms with Crippen LogP contribution in [0.1, 0.15) is 19.4 Å². The lowest BCUT2D eigenvalue weighted by molar-refractivity contribution is -0.137. The van der Waals surface area contributed by atoms with Crippen LogP contribution in [0.4, 0.5) is 18.0 Å². The maximum Gasteiger partial charge on any atom is 0.416 e. The summed E-state index contributed by atoms with van der Waals surface area (Å²) >= 11 is 0. The second-order valence-electron chi connectivity index (χ2n) is 3.71. The summed E-state index contributed by atoms with van der Waals surface area (Å²) in [6.07, 6.45) is -5.08. The van der Waals surface area contributed by atoms with Gasteiger partial charge in [-0.2, -0.15) is 13.2 Å². The molecule has 0 saturated carbocycles. The normalized spacial score (nSPS) is 11.4. The van der Waals surface area contributed by atoms with Crippen molar-refractivity contribution in [3.8, 4) is 5.75 Å². The monoisotopic (exact) mass is 247 g/mol. The first-order valence-electron chi connectivity index (χ1n) is 4.94. The number of hydrogen-bond acceptors (Lipinski definition) is 2. The first-order chi connectivity index (χ1) is 7.79. The third-order valence-corrected chi connectivity index (χ3v) is 1.80. The standard InChI is InChI=1S/C11H12F3NO2/c1-7(2)15-10(16)17-9-5-3-8(4-6-9)11(12,13)14/h3-7H,1-2H3,(H,15,16). The summed E-state index contributed by atoms with van der Waals surface area (Å²) in [5, 5.41) is 2.45. The number of alkyl halides is 3. The molecule has 0 aliphatic carbocycles. The molecule has 3 nitrogen and oxygen atoms in total. The number of nitrogens with one attached hydrogen (secondary N) is 1. The van der Waals surface area contributed by atoms with Crippen molar-refractivity contribution in [2.75, 3.05) is 0 Å². The Morgan fingerprint density at radius 2 is 1.76 bits per heavy atom. The van der Waals surface area contributed by atoms with Crippen LogP contribution in [0, 0.1) is 0 Å². The van der Waals surface area contributed by atoms with Gasteiger partial charge in [-0.25, -0.2) is 4.79 Å². The van der Waals surface area contributed by atoms with Crippen molar-refractivity contribution >= 4 is 6.09 Å². The first-order valence-corrected chi connectivity index (χ1v) is 4.94. The molecule has 17 heavy (non-hydrogen) atoms. The third-order valence-electron chi connectivity index (χ3n) is 1.80. The highest BCUT2D eigenvalue weighted by Crippen LogP contribution is 2.30. The molecular formula is C11H12F3NO2. The van der Waals surface area contributed by atoms with Gasteiger partial charge in [0.15, 0.2) is 0 Å². The van der Waals surface area contributed by atoms with Gasteiger partial charge in [-0.1, -0.05) is 0 Å². The van der Waals surface area contributed by atoms with Gasteiger partial charge in [0, 0.05) is 6.04 Å². The fourth-order valence-electron chi connectivity index (χ4n) is 1.08. The highest BCUT2D eigenvalue weighted by molar-refractivity contribution is 5.70. The van der Waals surface area contributed by atoms with E-state index in [1.54, 1.807) is 13.8 Å². The van der Waals surface area contributed by atoms with Crippen LogP contribution in [0.25, 0.3) is 0 Å². The molecule has 1 N–H and O–H groups in total. The van der Waals surface area contributed by atoms with Crippen molar-refractivity contribution in [1.82, 2.24) is 5.32 Å². The molecule has 0 aliphatic heterocycles. The molecule has 0 atom stereocenters. The van der Waals surface area contributed by atoms with E-state index >= 15 is 0 Å². The lowest BCUT2D eigenvalue weighted by atomic mass is 10.2. The van der Waals surface area contributed by atoms with Crippen molar-refractivity contribution in [3.05, 3.63) is 29.8 Å². The molecule has 0 aliphatic rings. The summed E-state index contributed by atoms with van der Waals surface area (Å²) in [5.74, 6) is 0.0659. The molecule has 0 radical (unpaired) electrons. The molecule has 0 unspecified atom stereocenters. The Labute approximate surface area is 96.6 Å². The molecule has 1 rings (SSSR count). The maximum absolute atomic E-state index is 12.2. The fraction of sp³-hybridized carbons (Fsp3) is 0.364. The Hall–Kier alpha value is -1.72. The van der Waals surface area contributed by atoms with Crippen molar-refractivity contribution in [3.63, 3.8) is 0 Å². The van der Waals surface area contributed by atoms with E-state index in [9.17, 15) is 18.0 Å². The molecule has 1 aromatic carbocycles. The van der Waals surface area contributed by atoms with Gasteiger partial charge in [0.25, 0.3) is 0 Å². The number of carbonyl (C=O) groups excluding carboxylic acids is 1. The summed E-state index contributed by atoms with van der Waals surface area (Å²) < 4.78 is 41.5. The van der Waals surface area contributed by atoms with Crippen LogP contribution in [-0.4, -0.2) is 12.1 Å². The predicted octanol–water partition coefficient (Wildman–Crippen LogP) is 3.20. The predicted molar refractivity (Wildman–Crippen MR) is 55.7 cm³/mol. The zero-order valence-electron chi connectivity index (χ0n) is 9.34. The number of benzene rings is 1. The van der Waals surface area contributed by atoms with E-state index in [0.29, 0.717) is 0 Å². The van der Waals surface area contributed by atoms with Gasteiger partial charge >= 0.3 is 12.3 Å². The zero-order chi connectivity index (χ0) is 13.1. The SMILES string of the molecule is CC(C)NC(=O)Oc1ccc(C(F)(F)F)cc1. The van der Waals surface area contributed by atoms with E-state index in [4.69, 9.17) is 4.74 Å². The lowest BCUT2D eigenvalue weighted by Crippen LogP contribution is -2.32. The van der Waals surface area contributed by atoms with Crippen molar-refractivity contribution in [1.29, 1.82) is 0 Å². The molecule has 1 aromatic rings. The molecular weight excluding hydrogens is 235 g/mol. The van der Waals surface area contributed by atoms with Crippen molar-refractivity contribution < 1.29 is 22.7 Å². The van der Waals surface area contributed by atoms with Crippen LogP contribution >= 0.6 is 0 Å². The van der Waals surface area contributed by atoms with E-state index in [2.05, 4.69) is 5.32 Å². The third kappa shape index (κ3) is 4.34. The van der Waals surface area contributed by atoms with Crippen LogP contribution in [-0.2, 0) is 6.18 Å². The van der Waals surface area contributed by atoms with Crippen LogP contribution in [0.2, 0.25) is 0 Å². The first kappa shape index (κ1) is 13.3. The molecule has 0 heterocycles. The van der Waals surface area contributed by atoms with E-state index in [1.165, 1.54) is 0 Å². The minimum Gasteiger partial charge on any atom is -0.410 e. The smallest absolute Gasteiger partial charge is 0.410 e. The molecule has 0 saturated heterocycles. The van der Waals surface area contributed by atoms with E-state index in [1.807, 2.05) is 0 Å². The van der Waals surface area contributed by atoms with Crippen LogP contribution < -0.4 is 10.1 Å². The number of hydrogen-bond donors (Lipinski definition) is 1. The van der Waals surface area contributed by atoms with Crippen LogP contribution in [0.3, 0.4) is 0 Å². The topological polar surface area (TPSA) is 38.3 Å². The van der Waals surface area contributed by atoms with Gasteiger partial charge in [0.1, 0.15) is 5.75 Å². The Balaban J connectivity index is 2.66. The largest absolute Gasteiger partial charge is 0.416 e. The average molecular weight is 247 g/mol. The highest BCUT2D eigenvalue weighted by atomic mass is 19.4. The highest BCUT2D eigenvalue weighted by Gasteiger charge is 2.30. The van der Waals surface area contributed by atoms with Gasteiger partial charge < -0.3 is 10.1 Å². The Bertz CT molecular complexity index is 385. The van der Waals surface area contributed by atoms with Gasteiger partial charge in [0.05, 0.1) is 5.56 Å². The molecule has 0 fully saturated rings. The van der Waals surface area contributed by atoms with E-state index < -0.39 is 17.8 Å². The van der Waals surface area contributed by atoms with Gasteiger partial charge in [0.2, 0.25) is 0 Å². The van der Waals surface area contributed by atoms with Crippen molar-refractivity contribution in [2.24, 2.45) is 0 Å². The van der Waals surface area contributed by atoms with Crippen LogP contribution in [0.15, 0.2) is 24.3 Å². The minimum absolute atomic E-state index is 0.0659. The lowest BCUT2D eigenvalue weighted by Gasteiger charge is -2.10. The summed E-state index contributed by atoms with van der Waals surface area (Å²) in [4.78, 5) is 11.1. The second kappa shape index (κ2) is 5.07. The summed E-state index contributed by atoms with van der Waals surface area (Å²) in [6.45, 7) is 3.49. The second-order valence-corrected chi connectivity index (χ2v) is 3.71. The van der Waals surface area contributed by atoms with Gasteiger partial charge in [-0.3, -0.25) is 0 Å². The summed E-state index contributed by atoms with van der Waals surface area (Å²) in [6, 6.07) is 3.82. The summed E-state index contributed by atoms with van der Waals surface area (Å²) in [5.41, 5.74) is -0.783. The van der Waals surface area contributed by atoms with E-state index in [-0.39, 0.29) is 11.8 Å². The van der Waals surface area contributed by atoms with Gasteiger partial charge in [-0.15, -0.1) is 0 Å². The molecule has 94 valence electrons. The molecule has 0 spiro atoms. The molecule has 1 amide bonds. The van der Waals surface area contributed by atoms with Crippen LogP contribution in [0.5, 0.6) is 5.75 Å². The molecule has 0 bridgehead atoms.